The molecule has 0 amide bonds. The van der Waals surface area contributed by atoms with Crippen LogP contribution < -0.4 is 19.5 Å². The van der Waals surface area contributed by atoms with Gasteiger partial charge in [-0.3, -0.25) is 0 Å². The molecule has 0 radical (unpaired) electrons. The molecule has 0 heterocycles. The maximum Gasteiger partial charge on any atom is 0.203 e. The minimum Gasteiger partial charge on any atom is -0.493 e. The van der Waals surface area contributed by atoms with E-state index in [0.717, 1.165) is 31.5 Å². The van der Waals surface area contributed by atoms with Crippen LogP contribution in [0.5, 0.6) is 17.2 Å². The van der Waals surface area contributed by atoms with Crippen molar-refractivity contribution in [3.63, 3.8) is 0 Å². The van der Waals surface area contributed by atoms with Gasteiger partial charge in [-0.15, -0.1) is 0 Å². The average molecular weight is 293 g/mol. The highest BCUT2D eigenvalue weighted by Gasteiger charge is 2.12. The first-order chi connectivity index (χ1) is 10.2. The van der Waals surface area contributed by atoms with E-state index in [9.17, 15) is 0 Å². The molecule has 0 aliphatic heterocycles. The lowest BCUT2D eigenvalue weighted by Crippen LogP contribution is -2.17. The van der Waals surface area contributed by atoms with Crippen molar-refractivity contribution in [1.82, 2.24) is 5.32 Å². The number of methoxy groups -OCH3 is 3. The lowest BCUT2D eigenvalue weighted by molar-refractivity contribution is 0.324. The molecule has 0 unspecified atom stereocenters. The van der Waals surface area contributed by atoms with E-state index < -0.39 is 0 Å². The summed E-state index contributed by atoms with van der Waals surface area (Å²) < 4.78 is 16.1. The van der Waals surface area contributed by atoms with Crippen molar-refractivity contribution in [3.8, 4) is 17.2 Å². The topological polar surface area (TPSA) is 39.7 Å². The number of ether oxygens (including phenoxy) is 3. The summed E-state index contributed by atoms with van der Waals surface area (Å²) in [4.78, 5) is 0. The van der Waals surface area contributed by atoms with Crippen LogP contribution in [-0.2, 0) is 0 Å². The number of rotatable bonds is 9. The molecule has 0 atom stereocenters. The highest BCUT2D eigenvalue weighted by atomic mass is 16.5. The number of hydrogen-bond donors (Lipinski definition) is 1. The van der Waals surface area contributed by atoms with Gasteiger partial charge in [-0.25, -0.2) is 0 Å². The summed E-state index contributed by atoms with van der Waals surface area (Å²) in [6.07, 6.45) is 4.32. The first-order valence-electron chi connectivity index (χ1n) is 7.40. The molecule has 21 heavy (non-hydrogen) atoms. The van der Waals surface area contributed by atoms with Gasteiger partial charge >= 0.3 is 0 Å². The fourth-order valence-corrected chi connectivity index (χ4v) is 2.12. The van der Waals surface area contributed by atoms with E-state index in [4.69, 9.17) is 14.2 Å². The molecule has 4 heteroatoms. The second-order valence-electron chi connectivity index (χ2n) is 4.79. The molecule has 1 aromatic rings. The lowest BCUT2D eigenvalue weighted by atomic mass is 10.1. The summed E-state index contributed by atoms with van der Waals surface area (Å²) in [5.41, 5.74) is 2.40. The zero-order valence-corrected chi connectivity index (χ0v) is 13.8. The average Bonchev–Trinajstić information content (AvgIpc) is 2.52. The monoisotopic (exact) mass is 293 g/mol. The van der Waals surface area contributed by atoms with Crippen LogP contribution in [0.3, 0.4) is 0 Å². The van der Waals surface area contributed by atoms with Crippen LogP contribution in [-0.4, -0.2) is 34.4 Å². The van der Waals surface area contributed by atoms with Gasteiger partial charge < -0.3 is 19.5 Å². The number of nitrogens with one attached hydrogen (secondary N) is 1. The minimum atomic E-state index is 0.624. The van der Waals surface area contributed by atoms with Gasteiger partial charge in [0.05, 0.1) is 21.3 Å². The third-order valence-electron chi connectivity index (χ3n) is 3.29. The molecule has 1 rings (SSSR count). The summed E-state index contributed by atoms with van der Waals surface area (Å²) >= 11 is 0. The third-order valence-corrected chi connectivity index (χ3v) is 3.29. The van der Waals surface area contributed by atoms with E-state index in [0.29, 0.717) is 17.2 Å². The molecule has 0 fully saturated rings. The van der Waals surface area contributed by atoms with E-state index in [1.54, 1.807) is 21.3 Å². The number of hydrogen-bond acceptors (Lipinski definition) is 4. The van der Waals surface area contributed by atoms with Crippen molar-refractivity contribution in [2.75, 3.05) is 34.4 Å². The Bertz CT molecular complexity index is 444. The van der Waals surface area contributed by atoms with Crippen LogP contribution in [0.1, 0.15) is 32.3 Å². The summed E-state index contributed by atoms with van der Waals surface area (Å²) in [5, 5.41) is 3.43. The maximum absolute atomic E-state index is 5.38. The molecule has 0 saturated carbocycles. The smallest absolute Gasteiger partial charge is 0.203 e. The van der Waals surface area contributed by atoms with Crippen LogP contribution in [0, 0.1) is 0 Å². The van der Waals surface area contributed by atoms with Gasteiger partial charge in [0.2, 0.25) is 5.75 Å². The Balaban J connectivity index is 3.05. The molecular weight excluding hydrogens is 266 g/mol. The normalized spacial score (nSPS) is 11.4. The quantitative estimate of drug-likeness (QED) is 0.707. The molecule has 118 valence electrons. The fraction of sp³-hybridized carbons (Fsp3) is 0.529. The molecule has 0 bridgehead atoms. The highest BCUT2D eigenvalue weighted by molar-refractivity contribution is 5.63. The van der Waals surface area contributed by atoms with E-state index in [1.807, 2.05) is 12.1 Å². The molecule has 0 aromatic heterocycles. The predicted molar refractivity (Wildman–Crippen MR) is 87.5 cm³/mol. The molecule has 4 nitrogen and oxygen atoms in total. The van der Waals surface area contributed by atoms with Gasteiger partial charge in [0.25, 0.3) is 0 Å². The molecule has 0 saturated heterocycles. The summed E-state index contributed by atoms with van der Waals surface area (Å²) in [7, 11) is 4.88. The second-order valence-corrected chi connectivity index (χ2v) is 4.79. The lowest BCUT2D eigenvalue weighted by Gasteiger charge is -2.13. The minimum absolute atomic E-state index is 0.624. The van der Waals surface area contributed by atoms with Crippen molar-refractivity contribution < 1.29 is 14.2 Å². The van der Waals surface area contributed by atoms with Crippen molar-refractivity contribution >= 4 is 6.08 Å². The van der Waals surface area contributed by atoms with E-state index >= 15 is 0 Å². The van der Waals surface area contributed by atoms with Gasteiger partial charge in [0.1, 0.15) is 0 Å². The van der Waals surface area contributed by atoms with E-state index in [2.05, 4.69) is 25.2 Å². The summed E-state index contributed by atoms with van der Waals surface area (Å²) in [5.74, 6) is 1.99. The van der Waals surface area contributed by atoms with Crippen molar-refractivity contribution in [3.05, 3.63) is 23.3 Å². The van der Waals surface area contributed by atoms with E-state index in [-0.39, 0.29) is 0 Å². The van der Waals surface area contributed by atoms with Crippen LogP contribution in [0.25, 0.3) is 6.08 Å². The largest absolute Gasteiger partial charge is 0.493 e. The molecule has 1 aromatic carbocycles. The first-order valence-corrected chi connectivity index (χ1v) is 7.40. The summed E-state index contributed by atoms with van der Waals surface area (Å²) in [6, 6.07) is 3.94. The zero-order valence-electron chi connectivity index (χ0n) is 13.8. The molecule has 0 aliphatic carbocycles. The van der Waals surface area contributed by atoms with Crippen LogP contribution in [0.2, 0.25) is 0 Å². The SMILES string of the molecule is CCCNCC(=Cc1cc(OC)c(OC)c(OC)c1)CC. The zero-order chi connectivity index (χ0) is 15.7. The van der Waals surface area contributed by atoms with Gasteiger partial charge in [-0.2, -0.15) is 0 Å². The van der Waals surface area contributed by atoms with Crippen molar-refractivity contribution in [1.29, 1.82) is 0 Å². The highest BCUT2D eigenvalue weighted by Crippen LogP contribution is 2.38. The van der Waals surface area contributed by atoms with E-state index in [1.165, 1.54) is 5.57 Å². The first kappa shape index (κ1) is 17.4. The number of benzene rings is 1. The third kappa shape index (κ3) is 4.97. The molecule has 1 N–H and O–H groups in total. The van der Waals surface area contributed by atoms with Gasteiger partial charge in [0.15, 0.2) is 11.5 Å². The second kappa shape index (κ2) is 9.29. The van der Waals surface area contributed by atoms with Gasteiger partial charge in [-0.1, -0.05) is 25.5 Å². The standard InChI is InChI=1S/C17H27NO3/c1-6-8-18-12-13(7-2)9-14-10-15(19-3)17(21-5)16(11-14)20-4/h9-11,18H,6-8,12H2,1-5H3. The van der Waals surface area contributed by atoms with Crippen molar-refractivity contribution in [2.24, 2.45) is 0 Å². The molecular formula is C17H27NO3. The Hall–Kier alpha value is -1.68. The Morgan fingerprint density at radius 2 is 1.67 bits per heavy atom. The molecule has 0 spiro atoms. The van der Waals surface area contributed by atoms with Crippen molar-refractivity contribution in [2.45, 2.75) is 26.7 Å². The Labute approximate surface area is 128 Å². The van der Waals surface area contributed by atoms with Crippen LogP contribution >= 0.6 is 0 Å². The van der Waals surface area contributed by atoms with Crippen LogP contribution in [0.4, 0.5) is 0 Å². The van der Waals surface area contributed by atoms with Crippen LogP contribution in [0.15, 0.2) is 17.7 Å². The predicted octanol–water partition coefficient (Wildman–Crippen LogP) is 3.51. The Morgan fingerprint density at radius 1 is 1.05 bits per heavy atom. The Morgan fingerprint density at radius 3 is 2.10 bits per heavy atom. The fourth-order valence-electron chi connectivity index (χ4n) is 2.12. The van der Waals surface area contributed by atoms with Gasteiger partial charge in [-0.05, 0) is 37.1 Å². The summed E-state index contributed by atoms with van der Waals surface area (Å²) in [6.45, 7) is 6.27. The Kier molecular flexibility index (Phi) is 7.69. The maximum atomic E-state index is 5.38. The molecule has 0 aliphatic rings. The van der Waals surface area contributed by atoms with Gasteiger partial charge in [0, 0.05) is 6.54 Å².